The second-order valence-electron chi connectivity index (χ2n) is 1.70. The molecule has 0 radical (unpaired) electrons. The molecule has 0 saturated carbocycles. The summed E-state index contributed by atoms with van der Waals surface area (Å²) in [4.78, 5) is 20.2. The van der Waals surface area contributed by atoms with Gasteiger partial charge in [-0.15, -0.1) is 0 Å². The summed E-state index contributed by atoms with van der Waals surface area (Å²) in [5.74, 6) is 4.42. The second kappa shape index (κ2) is 5.81. The molecule has 0 aromatic rings. The molecule has 0 saturated heterocycles. The Morgan fingerprint density at radius 2 is 2.09 bits per heavy atom. The minimum atomic E-state index is -0.940. The predicted octanol–water partition coefficient (Wildman–Crippen LogP) is 0.744. The fourth-order valence-corrected chi connectivity index (χ4v) is 0.704. The van der Waals surface area contributed by atoms with E-state index in [1.165, 1.54) is 6.92 Å². The van der Waals surface area contributed by atoms with Crippen LogP contribution in [0.25, 0.3) is 0 Å². The minimum Gasteiger partial charge on any atom is -0.481 e. The number of hydrogen-bond acceptors (Lipinski definition) is 3. The highest BCUT2D eigenvalue weighted by atomic mass is 32.2. The van der Waals surface area contributed by atoms with Gasteiger partial charge in [0, 0.05) is 6.92 Å². The van der Waals surface area contributed by atoms with Crippen LogP contribution in [0.3, 0.4) is 0 Å². The lowest BCUT2D eigenvalue weighted by atomic mass is 10.4. The summed E-state index contributed by atoms with van der Waals surface area (Å²) < 4.78 is 0. The lowest BCUT2D eigenvalue weighted by Crippen LogP contribution is -1.90. The molecule has 0 atom stereocenters. The number of carboxylic acids is 1. The second-order valence-corrected chi connectivity index (χ2v) is 2.86. The van der Waals surface area contributed by atoms with Gasteiger partial charge in [-0.2, -0.15) is 0 Å². The van der Waals surface area contributed by atoms with Gasteiger partial charge in [0.05, 0.1) is 5.75 Å². The molecule has 0 rings (SSSR count). The third kappa shape index (κ3) is 9.05. The highest BCUT2D eigenvalue weighted by molar-refractivity contribution is 8.13. The van der Waals surface area contributed by atoms with Crippen LogP contribution in [0, 0.1) is 11.8 Å². The molecule has 0 aromatic carbocycles. The summed E-state index contributed by atoms with van der Waals surface area (Å²) >= 11 is 1.08. The molecule has 60 valence electrons. The van der Waals surface area contributed by atoms with Gasteiger partial charge in [-0.05, 0) is 0 Å². The molecule has 0 aliphatic carbocycles. The van der Waals surface area contributed by atoms with Crippen LogP contribution >= 0.6 is 11.8 Å². The number of carbonyl (C=O) groups is 2. The maximum Gasteiger partial charge on any atom is 0.315 e. The van der Waals surface area contributed by atoms with E-state index in [9.17, 15) is 9.59 Å². The first kappa shape index (κ1) is 10.0. The fourth-order valence-electron chi connectivity index (χ4n) is 0.327. The lowest BCUT2D eigenvalue weighted by Gasteiger charge is -1.83. The van der Waals surface area contributed by atoms with E-state index >= 15 is 0 Å². The zero-order valence-electron chi connectivity index (χ0n) is 6.09. The van der Waals surface area contributed by atoms with E-state index in [4.69, 9.17) is 5.11 Å². The molecule has 3 nitrogen and oxygen atoms in total. The first-order chi connectivity index (χ1) is 5.13. The minimum absolute atomic E-state index is 0.00498. The van der Waals surface area contributed by atoms with E-state index < -0.39 is 5.97 Å². The SMILES string of the molecule is CC(=O)SCC#CCC(=O)O. The average Bonchev–Trinajstić information content (AvgIpc) is 1.85. The Balaban J connectivity index is 3.41. The number of aliphatic carboxylic acids is 1. The normalized spacial score (nSPS) is 8.09. The largest absolute Gasteiger partial charge is 0.481 e. The van der Waals surface area contributed by atoms with E-state index in [0.29, 0.717) is 5.75 Å². The molecule has 0 spiro atoms. The first-order valence-electron chi connectivity index (χ1n) is 2.94. The van der Waals surface area contributed by atoms with Crippen LogP contribution in [-0.2, 0) is 9.59 Å². The molecule has 0 unspecified atom stereocenters. The summed E-state index contributed by atoms with van der Waals surface area (Å²) in [6.45, 7) is 1.45. The Labute approximate surface area is 69.2 Å². The van der Waals surface area contributed by atoms with Crippen molar-refractivity contribution in [1.29, 1.82) is 0 Å². The molecule has 11 heavy (non-hydrogen) atoms. The van der Waals surface area contributed by atoms with Crippen molar-refractivity contribution >= 4 is 22.8 Å². The summed E-state index contributed by atoms with van der Waals surface area (Å²) in [6.07, 6.45) is -0.154. The van der Waals surface area contributed by atoms with Crippen molar-refractivity contribution in [3.8, 4) is 11.8 Å². The van der Waals surface area contributed by atoms with E-state index in [-0.39, 0.29) is 11.5 Å². The molecule has 0 aliphatic rings. The molecule has 4 heteroatoms. The first-order valence-corrected chi connectivity index (χ1v) is 3.92. The highest BCUT2D eigenvalue weighted by Gasteiger charge is 1.90. The maximum atomic E-state index is 10.3. The molecule has 0 aliphatic heterocycles. The van der Waals surface area contributed by atoms with Crippen LogP contribution in [0.1, 0.15) is 13.3 Å². The van der Waals surface area contributed by atoms with Gasteiger partial charge in [0.15, 0.2) is 5.12 Å². The fraction of sp³-hybridized carbons (Fsp3) is 0.429. The molecule has 1 N–H and O–H groups in total. The summed E-state index contributed by atoms with van der Waals surface area (Å²) in [5, 5.41) is 8.14. The van der Waals surface area contributed by atoms with Crippen LogP contribution in [0.15, 0.2) is 0 Å². The van der Waals surface area contributed by atoms with Gasteiger partial charge in [0.1, 0.15) is 6.42 Å². The highest BCUT2D eigenvalue weighted by Crippen LogP contribution is 1.97. The van der Waals surface area contributed by atoms with Crippen molar-refractivity contribution in [2.24, 2.45) is 0 Å². The van der Waals surface area contributed by atoms with Crippen molar-refractivity contribution < 1.29 is 14.7 Å². The summed E-state index contributed by atoms with van der Waals surface area (Å²) in [5.41, 5.74) is 0. The van der Waals surface area contributed by atoms with Crippen LogP contribution < -0.4 is 0 Å². The monoisotopic (exact) mass is 172 g/mol. The third-order valence-electron chi connectivity index (χ3n) is 0.712. The third-order valence-corrected chi connectivity index (χ3v) is 1.41. The lowest BCUT2D eigenvalue weighted by molar-refractivity contribution is -0.135. The van der Waals surface area contributed by atoms with Gasteiger partial charge in [-0.3, -0.25) is 9.59 Å². The van der Waals surface area contributed by atoms with E-state index in [1.54, 1.807) is 0 Å². The van der Waals surface area contributed by atoms with E-state index in [2.05, 4.69) is 11.8 Å². The topological polar surface area (TPSA) is 54.4 Å². The number of carbonyl (C=O) groups excluding carboxylic acids is 1. The zero-order chi connectivity index (χ0) is 8.69. The number of carboxylic acid groups (broad SMARTS) is 1. The van der Waals surface area contributed by atoms with Crippen LogP contribution in [0.4, 0.5) is 0 Å². The standard InChI is InChI=1S/C7H8O3S/c1-6(8)11-5-3-2-4-7(9)10/h4-5H2,1H3,(H,9,10). The van der Waals surface area contributed by atoms with Crippen molar-refractivity contribution in [2.75, 3.05) is 5.75 Å². The van der Waals surface area contributed by atoms with Gasteiger partial charge in [-0.1, -0.05) is 23.6 Å². The number of rotatable bonds is 2. The molecular formula is C7H8O3S. The number of thioether (sulfide) groups is 1. The summed E-state index contributed by atoms with van der Waals surface area (Å²) in [6, 6.07) is 0. The molecule has 0 amide bonds. The molecule has 0 aromatic heterocycles. The Morgan fingerprint density at radius 3 is 2.55 bits per heavy atom. The van der Waals surface area contributed by atoms with Crippen molar-refractivity contribution in [1.82, 2.24) is 0 Å². The van der Waals surface area contributed by atoms with Gasteiger partial charge >= 0.3 is 5.97 Å². The van der Waals surface area contributed by atoms with Gasteiger partial charge in [-0.25, -0.2) is 0 Å². The summed E-state index contributed by atoms with van der Waals surface area (Å²) in [7, 11) is 0. The van der Waals surface area contributed by atoms with Crippen molar-refractivity contribution in [3.05, 3.63) is 0 Å². The van der Waals surface area contributed by atoms with Crippen molar-refractivity contribution in [3.63, 3.8) is 0 Å². The van der Waals surface area contributed by atoms with Crippen LogP contribution in [0.2, 0.25) is 0 Å². The molecule has 0 heterocycles. The zero-order valence-corrected chi connectivity index (χ0v) is 6.90. The Hall–Kier alpha value is -0.950. The Kier molecular flexibility index (Phi) is 5.30. The smallest absolute Gasteiger partial charge is 0.315 e. The molecule has 0 bridgehead atoms. The number of hydrogen-bond donors (Lipinski definition) is 1. The Morgan fingerprint density at radius 1 is 1.45 bits per heavy atom. The predicted molar refractivity (Wildman–Crippen MR) is 43.2 cm³/mol. The van der Waals surface area contributed by atoms with Crippen LogP contribution in [0.5, 0.6) is 0 Å². The van der Waals surface area contributed by atoms with Crippen LogP contribution in [-0.4, -0.2) is 21.9 Å². The Bertz CT molecular complexity index is 211. The van der Waals surface area contributed by atoms with Crippen molar-refractivity contribution in [2.45, 2.75) is 13.3 Å². The van der Waals surface area contributed by atoms with Gasteiger partial charge in [0.25, 0.3) is 0 Å². The van der Waals surface area contributed by atoms with E-state index in [1.807, 2.05) is 0 Å². The van der Waals surface area contributed by atoms with Gasteiger partial charge in [0.2, 0.25) is 0 Å². The maximum absolute atomic E-state index is 10.3. The molecule has 0 fully saturated rings. The van der Waals surface area contributed by atoms with E-state index in [0.717, 1.165) is 11.8 Å². The quantitative estimate of drug-likeness (QED) is 0.624. The average molecular weight is 172 g/mol. The molecular weight excluding hydrogens is 164 g/mol. The van der Waals surface area contributed by atoms with Gasteiger partial charge < -0.3 is 5.11 Å².